The minimum atomic E-state index is -0.924. The maximum atomic E-state index is 12.6. The monoisotopic (exact) mass is 438 g/mol. The van der Waals surface area contributed by atoms with E-state index in [9.17, 15) is 19.2 Å². The number of urea groups is 1. The van der Waals surface area contributed by atoms with Crippen LogP contribution in [-0.4, -0.2) is 28.6 Å². The predicted octanol–water partition coefficient (Wildman–Crippen LogP) is 3.03. The first-order valence-electron chi connectivity index (χ1n) is 8.14. The molecule has 28 heavy (non-hydrogen) atoms. The molecule has 138 valence electrons. The number of ketones is 1. The first-order valence-corrected chi connectivity index (χ1v) is 8.93. The van der Waals surface area contributed by atoms with Crippen molar-refractivity contribution < 1.29 is 23.9 Å². The number of nitrogens with zero attached hydrogens (tertiary/aromatic N) is 1. The van der Waals surface area contributed by atoms with E-state index in [-0.39, 0.29) is 17.0 Å². The van der Waals surface area contributed by atoms with Crippen LogP contribution in [0.1, 0.15) is 15.9 Å². The topological polar surface area (TPSA) is 92.8 Å². The van der Waals surface area contributed by atoms with Crippen LogP contribution in [0.25, 0.3) is 6.08 Å². The second-order valence-corrected chi connectivity index (χ2v) is 6.80. The highest BCUT2D eigenvalue weighted by Crippen LogP contribution is 2.28. The fourth-order valence-corrected chi connectivity index (χ4v) is 3.19. The van der Waals surface area contributed by atoms with E-state index in [2.05, 4.69) is 21.2 Å². The molecule has 0 aromatic heterocycles. The summed E-state index contributed by atoms with van der Waals surface area (Å²) in [7, 11) is 0. The number of fused-ring (bicyclic) bond motifs is 1. The third-order valence-corrected chi connectivity index (χ3v) is 4.89. The number of rotatable bonds is 2. The molecular weight excluding hydrogens is 428 g/mol. The van der Waals surface area contributed by atoms with Gasteiger partial charge in [0.2, 0.25) is 5.78 Å². The molecule has 2 aromatic rings. The predicted molar refractivity (Wildman–Crippen MR) is 102 cm³/mol. The first-order chi connectivity index (χ1) is 13.5. The third-order valence-electron chi connectivity index (χ3n) is 4.17. The Balaban J connectivity index is 1.68. The number of halogens is 1. The number of carbonyl (C=O) groups is 4. The minimum Gasteiger partial charge on any atom is -0.422 e. The van der Waals surface area contributed by atoms with Crippen LogP contribution in [0.3, 0.4) is 0 Å². The van der Waals surface area contributed by atoms with Gasteiger partial charge in [-0.3, -0.25) is 9.59 Å². The highest BCUT2D eigenvalue weighted by Gasteiger charge is 2.37. The summed E-state index contributed by atoms with van der Waals surface area (Å²) in [4.78, 5) is 50.3. The van der Waals surface area contributed by atoms with E-state index >= 15 is 0 Å². The first kappa shape index (κ1) is 17.9. The van der Waals surface area contributed by atoms with E-state index in [0.717, 1.165) is 10.7 Å². The number of ether oxygens (including phenoxy) is 1. The standard InChI is InChI=1S/C20H11BrN2O5/c21-14-7-3-1-5-11(14)9-15-18(25)23(20(27)22-15)10-13-17(24)12-6-2-4-8-16(12)28-19(13)26/h1-10H,(H,22,27)/b13-10-,15-9-. The van der Waals surface area contributed by atoms with Crippen LogP contribution in [0, 0.1) is 0 Å². The Morgan fingerprint density at radius 1 is 0.964 bits per heavy atom. The van der Waals surface area contributed by atoms with Crippen molar-refractivity contribution in [1.29, 1.82) is 0 Å². The molecule has 3 amide bonds. The lowest BCUT2D eigenvalue weighted by atomic mass is 10.0. The van der Waals surface area contributed by atoms with Crippen molar-refractivity contribution >= 4 is 45.7 Å². The summed E-state index contributed by atoms with van der Waals surface area (Å²) in [5.74, 6) is -2.09. The van der Waals surface area contributed by atoms with E-state index in [4.69, 9.17) is 4.74 Å². The fourth-order valence-electron chi connectivity index (χ4n) is 2.79. The van der Waals surface area contributed by atoms with E-state index in [0.29, 0.717) is 10.5 Å². The number of carbonyl (C=O) groups excluding carboxylic acids is 4. The number of hydrogen-bond acceptors (Lipinski definition) is 5. The molecule has 2 heterocycles. The molecule has 1 saturated heterocycles. The molecule has 8 heteroatoms. The number of Topliss-reactive ketones (excluding diaryl/α,β-unsaturated/α-hetero) is 1. The minimum absolute atomic E-state index is 0.0192. The average molecular weight is 439 g/mol. The quantitative estimate of drug-likeness (QED) is 0.255. The van der Waals surface area contributed by atoms with Gasteiger partial charge >= 0.3 is 12.0 Å². The van der Waals surface area contributed by atoms with Gasteiger partial charge in [0.15, 0.2) is 0 Å². The van der Waals surface area contributed by atoms with Crippen molar-refractivity contribution in [1.82, 2.24) is 10.2 Å². The molecule has 0 bridgehead atoms. The second-order valence-electron chi connectivity index (χ2n) is 5.94. The Morgan fingerprint density at radius 2 is 1.68 bits per heavy atom. The van der Waals surface area contributed by atoms with Gasteiger partial charge in [0.05, 0.1) is 5.56 Å². The number of amides is 3. The molecule has 1 fully saturated rings. The van der Waals surface area contributed by atoms with Crippen LogP contribution >= 0.6 is 15.9 Å². The summed E-state index contributed by atoms with van der Waals surface area (Å²) >= 11 is 3.36. The van der Waals surface area contributed by atoms with Crippen molar-refractivity contribution in [2.24, 2.45) is 0 Å². The van der Waals surface area contributed by atoms with E-state index in [1.807, 2.05) is 6.07 Å². The summed E-state index contributed by atoms with van der Waals surface area (Å²) in [5, 5.41) is 2.44. The molecule has 2 aliphatic rings. The summed E-state index contributed by atoms with van der Waals surface area (Å²) in [6.45, 7) is 0. The molecule has 4 rings (SSSR count). The number of para-hydroxylation sites is 1. The molecule has 0 spiro atoms. The Morgan fingerprint density at radius 3 is 2.46 bits per heavy atom. The summed E-state index contributed by atoms with van der Waals surface area (Å²) < 4.78 is 5.86. The smallest absolute Gasteiger partial charge is 0.349 e. The summed E-state index contributed by atoms with van der Waals surface area (Å²) in [6, 6.07) is 12.6. The molecule has 0 unspecified atom stereocenters. The van der Waals surface area contributed by atoms with Gasteiger partial charge in [0.25, 0.3) is 5.91 Å². The molecule has 2 aliphatic heterocycles. The third kappa shape index (κ3) is 3.03. The maximum absolute atomic E-state index is 12.6. The molecular formula is C20H11BrN2O5. The zero-order valence-corrected chi connectivity index (χ0v) is 15.7. The SMILES string of the molecule is O=C1Oc2ccccc2C(=O)/C1=C/N1C(=O)N/C(=C\c2ccccc2Br)C1=O. The van der Waals surface area contributed by atoms with E-state index in [1.165, 1.54) is 18.2 Å². The van der Waals surface area contributed by atoms with Gasteiger partial charge in [0, 0.05) is 10.7 Å². The Hall–Kier alpha value is -3.52. The molecule has 2 aromatic carbocycles. The molecule has 0 aliphatic carbocycles. The molecule has 0 saturated carbocycles. The Bertz CT molecular complexity index is 1120. The molecule has 0 atom stereocenters. The van der Waals surface area contributed by atoms with Gasteiger partial charge in [-0.25, -0.2) is 14.5 Å². The highest BCUT2D eigenvalue weighted by molar-refractivity contribution is 9.10. The van der Waals surface area contributed by atoms with Crippen molar-refractivity contribution in [3.05, 3.63) is 81.6 Å². The normalized spacial score (nSPS) is 19.1. The van der Waals surface area contributed by atoms with Crippen LogP contribution in [0.5, 0.6) is 5.75 Å². The van der Waals surface area contributed by atoms with Crippen LogP contribution in [-0.2, 0) is 9.59 Å². The number of benzene rings is 2. The second kappa shape index (κ2) is 6.90. The van der Waals surface area contributed by atoms with Crippen molar-refractivity contribution in [2.75, 3.05) is 0 Å². The zero-order chi connectivity index (χ0) is 19.8. The highest BCUT2D eigenvalue weighted by atomic mass is 79.9. The van der Waals surface area contributed by atoms with E-state index in [1.54, 1.807) is 30.3 Å². The largest absolute Gasteiger partial charge is 0.422 e. The van der Waals surface area contributed by atoms with Gasteiger partial charge in [-0.05, 0) is 29.8 Å². The van der Waals surface area contributed by atoms with Crippen LogP contribution in [0.15, 0.2) is 70.5 Å². The Labute approximate surface area is 167 Å². The zero-order valence-electron chi connectivity index (χ0n) is 14.1. The lowest BCUT2D eigenvalue weighted by Crippen LogP contribution is -2.31. The van der Waals surface area contributed by atoms with Gasteiger partial charge in [-0.15, -0.1) is 0 Å². The molecule has 7 nitrogen and oxygen atoms in total. The Kier molecular flexibility index (Phi) is 4.40. The lowest BCUT2D eigenvalue weighted by molar-refractivity contribution is -0.130. The lowest BCUT2D eigenvalue weighted by Gasteiger charge is -2.17. The number of imide groups is 1. The molecule has 0 radical (unpaired) electrons. The van der Waals surface area contributed by atoms with Crippen LogP contribution in [0.2, 0.25) is 0 Å². The van der Waals surface area contributed by atoms with Crippen LogP contribution in [0.4, 0.5) is 4.79 Å². The van der Waals surface area contributed by atoms with E-state index < -0.39 is 29.3 Å². The van der Waals surface area contributed by atoms with Crippen molar-refractivity contribution in [2.45, 2.75) is 0 Å². The van der Waals surface area contributed by atoms with Crippen molar-refractivity contribution in [3.63, 3.8) is 0 Å². The van der Waals surface area contributed by atoms with Gasteiger partial charge in [-0.2, -0.15) is 0 Å². The molecule has 1 N–H and O–H groups in total. The maximum Gasteiger partial charge on any atom is 0.349 e. The van der Waals surface area contributed by atoms with Crippen LogP contribution < -0.4 is 10.1 Å². The van der Waals surface area contributed by atoms with Gasteiger partial charge < -0.3 is 10.1 Å². The summed E-state index contributed by atoms with van der Waals surface area (Å²) in [6.07, 6.45) is 2.41. The van der Waals surface area contributed by atoms with Crippen molar-refractivity contribution in [3.8, 4) is 5.75 Å². The number of hydrogen-bond donors (Lipinski definition) is 1. The number of nitrogens with one attached hydrogen (secondary N) is 1. The van der Waals surface area contributed by atoms with Gasteiger partial charge in [0.1, 0.15) is 17.0 Å². The summed E-state index contributed by atoms with van der Waals surface area (Å²) in [5.41, 5.74) is 0.488. The number of esters is 1. The fraction of sp³-hybridized carbons (Fsp3) is 0. The van der Waals surface area contributed by atoms with Gasteiger partial charge in [-0.1, -0.05) is 46.3 Å². The average Bonchev–Trinajstić information content (AvgIpc) is 2.94.